The Morgan fingerprint density at radius 1 is 1.39 bits per heavy atom. The van der Waals surface area contributed by atoms with E-state index in [-0.39, 0.29) is 17.6 Å². The molecule has 23 heavy (non-hydrogen) atoms. The number of ketones is 1. The average molecular weight is 313 g/mol. The highest BCUT2D eigenvalue weighted by Crippen LogP contribution is 2.65. The number of Topliss-reactive ketones (excluding diaryl/α,β-unsaturated/α-hetero) is 1. The molecule has 5 rings (SSSR count). The lowest BCUT2D eigenvalue weighted by Crippen LogP contribution is -2.74. The summed E-state index contributed by atoms with van der Waals surface area (Å²) in [6.45, 7) is 1.96. The molecule has 0 radical (unpaired) electrons. The molecular formula is C18H19NO4. The lowest BCUT2D eigenvalue weighted by Gasteiger charge is -2.61. The number of hydrogen-bond acceptors (Lipinski definition) is 5. The second kappa shape index (κ2) is 3.73. The summed E-state index contributed by atoms with van der Waals surface area (Å²) in [7, 11) is 1.98. The second-order valence-corrected chi connectivity index (χ2v) is 7.34. The van der Waals surface area contributed by atoms with E-state index < -0.39 is 17.1 Å². The van der Waals surface area contributed by atoms with Gasteiger partial charge in [-0.15, -0.1) is 0 Å². The van der Waals surface area contributed by atoms with Crippen molar-refractivity contribution in [3.8, 4) is 11.5 Å². The first kappa shape index (κ1) is 13.4. The molecule has 1 aromatic carbocycles. The number of likely N-dealkylation sites (N-methyl/N-ethyl adjacent to an activating group) is 1. The Labute approximate surface area is 134 Å². The van der Waals surface area contributed by atoms with Gasteiger partial charge in [0.05, 0.1) is 11.5 Å². The van der Waals surface area contributed by atoms with Crippen LogP contribution in [0.25, 0.3) is 0 Å². The van der Waals surface area contributed by atoms with E-state index in [2.05, 4.69) is 4.90 Å². The number of aliphatic hydroxyl groups is 1. The van der Waals surface area contributed by atoms with Crippen LogP contribution in [0.15, 0.2) is 23.9 Å². The van der Waals surface area contributed by atoms with Gasteiger partial charge in [-0.2, -0.15) is 0 Å². The van der Waals surface area contributed by atoms with Gasteiger partial charge < -0.3 is 19.8 Å². The number of phenolic OH excluding ortho intramolecular Hbond substituents is 1. The third-order valence-corrected chi connectivity index (χ3v) is 6.45. The van der Waals surface area contributed by atoms with Crippen molar-refractivity contribution < 1.29 is 19.7 Å². The van der Waals surface area contributed by atoms with E-state index in [1.54, 1.807) is 6.07 Å². The molecule has 0 aromatic heterocycles. The zero-order valence-corrected chi connectivity index (χ0v) is 13.2. The summed E-state index contributed by atoms with van der Waals surface area (Å²) >= 11 is 0. The summed E-state index contributed by atoms with van der Waals surface area (Å²) in [5.41, 5.74) is 0.911. The van der Waals surface area contributed by atoms with Crippen molar-refractivity contribution in [2.75, 3.05) is 7.05 Å². The van der Waals surface area contributed by atoms with Crippen LogP contribution in [-0.2, 0) is 16.6 Å². The fourth-order valence-corrected chi connectivity index (χ4v) is 5.59. The highest BCUT2D eigenvalue weighted by atomic mass is 16.5. The van der Waals surface area contributed by atoms with Gasteiger partial charge in [0.15, 0.2) is 23.4 Å². The number of aromatic hydroxyl groups is 1. The van der Waals surface area contributed by atoms with Gasteiger partial charge in [-0.05, 0) is 43.2 Å². The Morgan fingerprint density at radius 2 is 2.17 bits per heavy atom. The topological polar surface area (TPSA) is 70.0 Å². The molecule has 120 valence electrons. The quantitative estimate of drug-likeness (QED) is 0.754. The van der Waals surface area contributed by atoms with Crippen molar-refractivity contribution >= 4 is 5.78 Å². The molecule has 1 aromatic rings. The molecule has 4 atom stereocenters. The van der Waals surface area contributed by atoms with Crippen LogP contribution in [0, 0.1) is 0 Å². The molecule has 0 amide bonds. The molecular weight excluding hydrogens is 294 g/mol. The molecule has 2 bridgehead atoms. The lowest BCUT2D eigenvalue weighted by molar-refractivity contribution is -0.162. The van der Waals surface area contributed by atoms with Gasteiger partial charge in [0.1, 0.15) is 5.60 Å². The Morgan fingerprint density at radius 3 is 2.96 bits per heavy atom. The summed E-state index contributed by atoms with van der Waals surface area (Å²) < 4.78 is 5.97. The molecule has 0 saturated heterocycles. The average Bonchev–Trinajstić information content (AvgIpc) is 2.88. The first-order valence-electron chi connectivity index (χ1n) is 8.09. The standard InChI is InChI=1S/C18H19NO4/c1-9-8-19(2)13-7-10-3-4-11(20)15-14(10)18(9)16(23-15)12(21)5-6-17(13,18)22/h3-4,8,13,16,20,22H,5-7H2,1-2H3/t13-,16+,17-,18+/m1/s1. The van der Waals surface area contributed by atoms with Gasteiger partial charge in [0.2, 0.25) is 0 Å². The lowest BCUT2D eigenvalue weighted by atomic mass is 9.48. The Hall–Kier alpha value is -2.01. The zero-order chi connectivity index (χ0) is 16.1. The molecule has 5 heteroatoms. The molecule has 1 saturated carbocycles. The van der Waals surface area contributed by atoms with Gasteiger partial charge in [-0.25, -0.2) is 0 Å². The van der Waals surface area contributed by atoms with Crippen LogP contribution in [-0.4, -0.2) is 45.7 Å². The number of carbonyl (C=O) groups is 1. The second-order valence-electron chi connectivity index (χ2n) is 7.34. The number of phenols is 1. The van der Waals surface area contributed by atoms with E-state index in [4.69, 9.17) is 4.74 Å². The minimum absolute atomic E-state index is 0.00850. The molecule has 1 fully saturated rings. The van der Waals surface area contributed by atoms with Gasteiger partial charge in [0.25, 0.3) is 0 Å². The molecule has 2 N–H and O–H groups in total. The Balaban J connectivity index is 1.95. The van der Waals surface area contributed by atoms with Crippen LogP contribution in [0.5, 0.6) is 11.5 Å². The fraction of sp³-hybridized carbons (Fsp3) is 0.500. The maximum absolute atomic E-state index is 12.6. The van der Waals surface area contributed by atoms with Gasteiger partial charge >= 0.3 is 0 Å². The van der Waals surface area contributed by atoms with E-state index in [0.29, 0.717) is 25.0 Å². The molecule has 2 heterocycles. The Bertz CT molecular complexity index is 800. The van der Waals surface area contributed by atoms with Crippen molar-refractivity contribution in [1.82, 2.24) is 4.90 Å². The molecule has 2 aliphatic carbocycles. The fourth-order valence-electron chi connectivity index (χ4n) is 5.59. The molecule has 5 nitrogen and oxygen atoms in total. The van der Waals surface area contributed by atoms with E-state index in [1.807, 2.05) is 26.2 Å². The monoisotopic (exact) mass is 313 g/mol. The summed E-state index contributed by atoms with van der Waals surface area (Å²) in [6, 6.07) is 3.44. The summed E-state index contributed by atoms with van der Waals surface area (Å²) in [5, 5.41) is 22.0. The molecule has 1 spiro atoms. The van der Waals surface area contributed by atoms with Crippen molar-refractivity contribution in [2.24, 2.45) is 0 Å². The number of benzene rings is 1. The Kier molecular flexibility index (Phi) is 2.18. The van der Waals surface area contributed by atoms with Crippen LogP contribution in [0.3, 0.4) is 0 Å². The van der Waals surface area contributed by atoms with E-state index in [9.17, 15) is 15.0 Å². The molecule has 2 aliphatic heterocycles. The zero-order valence-electron chi connectivity index (χ0n) is 13.2. The highest BCUT2D eigenvalue weighted by molar-refractivity contribution is 5.91. The third kappa shape index (κ3) is 1.18. The van der Waals surface area contributed by atoms with Crippen LogP contribution in [0.4, 0.5) is 0 Å². The first-order valence-corrected chi connectivity index (χ1v) is 8.09. The number of rotatable bonds is 0. The number of carbonyl (C=O) groups excluding carboxylic acids is 1. The van der Waals surface area contributed by atoms with E-state index in [1.165, 1.54) is 0 Å². The van der Waals surface area contributed by atoms with E-state index >= 15 is 0 Å². The van der Waals surface area contributed by atoms with Crippen LogP contribution in [0.1, 0.15) is 30.9 Å². The number of hydrogen-bond donors (Lipinski definition) is 2. The highest BCUT2D eigenvalue weighted by Gasteiger charge is 2.73. The smallest absolute Gasteiger partial charge is 0.174 e. The largest absolute Gasteiger partial charge is 0.504 e. The van der Waals surface area contributed by atoms with Crippen molar-refractivity contribution in [1.29, 1.82) is 0 Å². The predicted molar refractivity (Wildman–Crippen MR) is 82.4 cm³/mol. The van der Waals surface area contributed by atoms with Crippen LogP contribution in [0.2, 0.25) is 0 Å². The normalized spacial score (nSPS) is 39.7. The van der Waals surface area contributed by atoms with Gasteiger partial charge in [-0.3, -0.25) is 4.79 Å². The van der Waals surface area contributed by atoms with Gasteiger partial charge in [0, 0.05) is 19.0 Å². The third-order valence-electron chi connectivity index (χ3n) is 6.45. The summed E-state index contributed by atoms with van der Waals surface area (Å²) in [4.78, 5) is 14.7. The van der Waals surface area contributed by atoms with Crippen molar-refractivity contribution in [2.45, 2.75) is 49.3 Å². The number of nitrogens with zero attached hydrogens (tertiary/aromatic N) is 1. The van der Waals surface area contributed by atoms with Crippen LogP contribution < -0.4 is 4.74 Å². The predicted octanol–water partition coefficient (Wildman–Crippen LogP) is 1.26. The minimum Gasteiger partial charge on any atom is -0.504 e. The molecule has 4 aliphatic rings. The maximum Gasteiger partial charge on any atom is 0.174 e. The van der Waals surface area contributed by atoms with Crippen molar-refractivity contribution in [3.63, 3.8) is 0 Å². The number of ether oxygens (including phenoxy) is 1. The van der Waals surface area contributed by atoms with Crippen LogP contribution >= 0.6 is 0 Å². The van der Waals surface area contributed by atoms with Crippen molar-refractivity contribution in [3.05, 3.63) is 35.0 Å². The van der Waals surface area contributed by atoms with Gasteiger partial charge in [-0.1, -0.05) is 6.07 Å². The summed E-state index contributed by atoms with van der Waals surface area (Å²) in [5.74, 6) is 0.443. The first-order chi connectivity index (χ1) is 10.9. The summed E-state index contributed by atoms with van der Waals surface area (Å²) in [6.07, 6.45) is 2.71. The maximum atomic E-state index is 12.6. The molecule has 0 unspecified atom stereocenters. The SMILES string of the molecule is CC1=CN(C)[C@@H]2Cc3ccc(O)c4c3[C@]13[C@@H](O4)C(=O)CC[C@@]23O. The van der Waals surface area contributed by atoms with E-state index in [0.717, 1.165) is 16.7 Å². The minimum atomic E-state index is -1.05.